The summed E-state index contributed by atoms with van der Waals surface area (Å²) >= 11 is 6.04. The average Bonchev–Trinajstić information content (AvgIpc) is 2.78. The number of nitrogens with zero attached hydrogens (tertiary/aromatic N) is 2. The Morgan fingerprint density at radius 2 is 2.17 bits per heavy atom. The van der Waals surface area contributed by atoms with E-state index < -0.39 is 4.92 Å². The maximum absolute atomic E-state index is 10.6. The zero-order valence-corrected chi connectivity index (χ0v) is 10.3. The minimum absolute atomic E-state index is 0.00435. The number of nitro groups is 1. The van der Waals surface area contributed by atoms with Gasteiger partial charge in [0.15, 0.2) is 0 Å². The first kappa shape index (κ1) is 12.6. The fraction of sp³-hybridized carbons (Fsp3) is 0.167. The van der Waals surface area contributed by atoms with Crippen LogP contribution in [0.1, 0.15) is 11.3 Å². The molecule has 0 saturated heterocycles. The van der Waals surface area contributed by atoms with Gasteiger partial charge in [0, 0.05) is 37.1 Å². The molecule has 6 heteroatoms. The van der Waals surface area contributed by atoms with Crippen molar-refractivity contribution in [1.82, 2.24) is 4.57 Å². The number of rotatable bonds is 4. The lowest BCUT2D eigenvalue weighted by molar-refractivity contribution is -0.384. The van der Waals surface area contributed by atoms with Crippen LogP contribution in [0.3, 0.4) is 0 Å². The minimum Gasteiger partial charge on any atom is -0.346 e. The van der Waals surface area contributed by atoms with Crippen LogP contribution in [0, 0.1) is 10.1 Å². The summed E-state index contributed by atoms with van der Waals surface area (Å²) in [6, 6.07) is 8.32. The average molecular weight is 266 g/mol. The molecule has 0 unspecified atom stereocenters. The van der Waals surface area contributed by atoms with Crippen molar-refractivity contribution in [2.75, 3.05) is 0 Å². The molecule has 0 spiro atoms. The molecular formula is C12H12ClN3O2. The van der Waals surface area contributed by atoms with Gasteiger partial charge in [-0.3, -0.25) is 10.1 Å². The lowest BCUT2D eigenvalue weighted by Gasteiger charge is -2.09. The van der Waals surface area contributed by atoms with Gasteiger partial charge >= 0.3 is 0 Å². The molecule has 0 amide bonds. The Morgan fingerprint density at radius 1 is 1.39 bits per heavy atom. The molecule has 2 rings (SSSR count). The molecule has 0 aliphatic carbocycles. The second-order valence-corrected chi connectivity index (χ2v) is 4.27. The highest BCUT2D eigenvalue weighted by Gasteiger charge is 2.10. The van der Waals surface area contributed by atoms with E-state index in [0.29, 0.717) is 18.1 Å². The highest BCUT2D eigenvalue weighted by atomic mass is 35.5. The largest absolute Gasteiger partial charge is 0.346 e. The van der Waals surface area contributed by atoms with Crippen LogP contribution in [-0.2, 0) is 13.1 Å². The number of non-ortho nitro benzene ring substituents is 1. The van der Waals surface area contributed by atoms with Gasteiger partial charge in [-0.05, 0) is 23.8 Å². The summed E-state index contributed by atoms with van der Waals surface area (Å²) in [5.74, 6) is 0. The quantitative estimate of drug-likeness (QED) is 0.682. The van der Waals surface area contributed by atoms with E-state index >= 15 is 0 Å². The van der Waals surface area contributed by atoms with Crippen molar-refractivity contribution in [3.8, 4) is 0 Å². The third-order valence-electron chi connectivity index (χ3n) is 2.72. The Hall–Kier alpha value is -1.85. The molecule has 0 bridgehead atoms. The van der Waals surface area contributed by atoms with Gasteiger partial charge in [0.25, 0.3) is 5.69 Å². The first-order valence-electron chi connectivity index (χ1n) is 5.38. The van der Waals surface area contributed by atoms with Gasteiger partial charge in [0.2, 0.25) is 0 Å². The van der Waals surface area contributed by atoms with Crippen LogP contribution in [0.5, 0.6) is 0 Å². The molecule has 1 aromatic carbocycles. The molecule has 0 saturated carbocycles. The van der Waals surface area contributed by atoms with Crippen LogP contribution >= 0.6 is 11.6 Å². The van der Waals surface area contributed by atoms with Gasteiger partial charge in [-0.2, -0.15) is 0 Å². The topological polar surface area (TPSA) is 74.1 Å². The second kappa shape index (κ2) is 5.20. The number of benzene rings is 1. The van der Waals surface area contributed by atoms with E-state index in [1.807, 2.05) is 22.9 Å². The van der Waals surface area contributed by atoms with Crippen molar-refractivity contribution in [3.05, 3.63) is 62.9 Å². The molecule has 2 N–H and O–H groups in total. The highest BCUT2D eigenvalue weighted by molar-refractivity contribution is 6.31. The van der Waals surface area contributed by atoms with Crippen molar-refractivity contribution in [1.29, 1.82) is 0 Å². The lowest BCUT2D eigenvalue weighted by atomic mass is 10.2. The smallest absolute Gasteiger partial charge is 0.270 e. The zero-order chi connectivity index (χ0) is 13.1. The third kappa shape index (κ3) is 2.52. The molecule has 18 heavy (non-hydrogen) atoms. The van der Waals surface area contributed by atoms with Gasteiger partial charge in [0.1, 0.15) is 0 Å². The van der Waals surface area contributed by atoms with Gasteiger partial charge in [0.05, 0.1) is 9.95 Å². The van der Waals surface area contributed by atoms with E-state index in [4.69, 9.17) is 17.3 Å². The van der Waals surface area contributed by atoms with E-state index in [9.17, 15) is 10.1 Å². The van der Waals surface area contributed by atoms with E-state index in [-0.39, 0.29) is 5.69 Å². The predicted molar refractivity (Wildman–Crippen MR) is 69.5 cm³/mol. The number of nitro benzene ring substituents is 1. The van der Waals surface area contributed by atoms with E-state index in [2.05, 4.69) is 0 Å². The minimum atomic E-state index is -0.462. The summed E-state index contributed by atoms with van der Waals surface area (Å²) in [5.41, 5.74) is 7.42. The first-order valence-corrected chi connectivity index (χ1v) is 5.76. The van der Waals surface area contributed by atoms with Crippen LogP contribution in [-0.4, -0.2) is 9.49 Å². The Bertz CT molecular complexity index is 580. The number of hydrogen-bond donors (Lipinski definition) is 1. The van der Waals surface area contributed by atoms with Gasteiger partial charge in [-0.25, -0.2) is 0 Å². The van der Waals surface area contributed by atoms with Crippen LogP contribution in [0.4, 0.5) is 5.69 Å². The molecule has 0 fully saturated rings. The lowest BCUT2D eigenvalue weighted by Crippen LogP contribution is -2.07. The van der Waals surface area contributed by atoms with Gasteiger partial charge in [-0.15, -0.1) is 0 Å². The fourth-order valence-electron chi connectivity index (χ4n) is 1.75. The Labute approximate surface area is 109 Å². The van der Waals surface area contributed by atoms with E-state index in [1.54, 1.807) is 6.07 Å². The third-order valence-corrected chi connectivity index (χ3v) is 3.07. The molecule has 0 atom stereocenters. The summed E-state index contributed by atoms with van der Waals surface area (Å²) in [5, 5.41) is 11.0. The van der Waals surface area contributed by atoms with Crippen molar-refractivity contribution in [2.45, 2.75) is 13.1 Å². The van der Waals surface area contributed by atoms with Crippen LogP contribution in [0.25, 0.3) is 0 Å². The summed E-state index contributed by atoms with van der Waals surface area (Å²) in [4.78, 5) is 10.1. The molecule has 0 aliphatic heterocycles. The number of aromatic nitrogens is 1. The number of hydrogen-bond acceptors (Lipinski definition) is 3. The maximum Gasteiger partial charge on any atom is 0.270 e. The number of halogens is 1. The van der Waals surface area contributed by atoms with Crippen molar-refractivity contribution in [2.24, 2.45) is 5.73 Å². The monoisotopic (exact) mass is 265 g/mol. The second-order valence-electron chi connectivity index (χ2n) is 3.86. The summed E-state index contributed by atoms with van der Waals surface area (Å²) < 4.78 is 1.97. The fourth-order valence-corrected chi connectivity index (χ4v) is 1.99. The zero-order valence-electron chi connectivity index (χ0n) is 9.54. The molecule has 0 radical (unpaired) electrons. The predicted octanol–water partition coefficient (Wildman–Crippen LogP) is 2.56. The molecule has 1 aromatic heterocycles. The van der Waals surface area contributed by atoms with E-state index in [0.717, 1.165) is 11.3 Å². The van der Waals surface area contributed by atoms with Crippen LogP contribution in [0.15, 0.2) is 36.5 Å². The van der Waals surface area contributed by atoms with Gasteiger partial charge in [-0.1, -0.05) is 11.6 Å². The van der Waals surface area contributed by atoms with Crippen molar-refractivity contribution in [3.63, 3.8) is 0 Å². The first-order chi connectivity index (χ1) is 8.61. The molecular weight excluding hydrogens is 254 g/mol. The Kier molecular flexibility index (Phi) is 3.64. The summed E-state index contributed by atoms with van der Waals surface area (Å²) in [6.45, 7) is 0.994. The standard InChI is InChI=1S/C12H12ClN3O2/c13-12-6-10(16(17)18)4-3-9(12)8-15-5-1-2-11(15)7-14/h1-6H,7-8,14H2. The highest BCUT2D eigenvalue weighted by Crippen LogP contribution is 2.23. The normalized spacial score (nSPS) is 10.6. The SMILES string of the molecule is NCc1cccn1Cc1ccc([N+](=O)[O-])cc1Cl. The van der Waals surface area contributed by atoms with Crippen molar-refractivity contribution < 1.29 is 4.92 Å². The maximum atomic E-state index is 10.6. The summed E-state index contributed by atoms with van der Waals surface area (Å²) in [6.07, 6.45) is 1.90. The molecule has 5 nitrogen and oxygen atoms in total. The molecule has 94 valence electrons. The molecule has 2 aromatic rings. The molecule has 0 aliphatic rings. The summed E-state index contributed by atoms with van der Waals surface area (Å²) in [7, 11) is 0. The van der Waals surface area contributed by atoms with Crippen LogP contribution in [0.2, 0.25) is 5.02 Å². The van der Waals surface area contributed by atoms with Crippen LogP contribution < -0.4 is 5.73 Å². The Morgan fingerprint density at radius 3 is 2.78 bits per heavy atom. The molecule has 1 heterocycles. The van der Waals surface area contributed by atoms with Crippen molar-refractivity contribution >= 4 is 17.3 Å². The van der Waals surface area contributed by atoms with E-state index in [1.165, 1.54) is 12.1 Å². The van der Waals surface area contributed by atoms with Gasteiger partial charge < -0.3 is 10.3 Å². The number of nitrogens with two attached hydrogens (primary N) is 1. The Balaban J connectivity index is 2.27.